The Hall–Kier alpha value is -1.83. The van der Waals surface area contributed by atoms with Crippen molar-refractivity contribution in [3.05, 3.63) is 23.8 Å². The van der Waals surface area contributed by atoms with Crippen molar-refractivity contribution in [3.63, 3.8) is 0 Å². The third-order valence-corrected chi connectivity index (χ3v) is 6.41. The average molecular weight is 421 g/mol. The predicted molar refractivity (Wildman–Crippen MR) is 115 cm³/mol. The molecule has 7 nitrogen and oxygen atoms in total. The third kappa shape index (κ3) is 5.07. The number of hydrogen-bond donors (Lipinski definition) is 1. The van der Waals surface area contributed by atoms with Crippen LogP contribution in [-0.2, 0) is 16.1 Å². The number of piperidine rings is 2. The Morgan fingerprint density at radius 2 is 1.93 bits per heavy atom. The molecule has 7 heteroatoms. The van der Waals surface area contributed by atoms with E-state index in [0.29, 0.717) is 26.1 Å². The van der Waals surface area contributed by atoms with Crippen LogP contribution >= 0.6 is 0 Å². The summed E-state index contributed by atoms with van der Waals surface area (Å²) in [4.78, 5) is 16.9. The number of aliphatic hydroxyl groups is 1. The van der Waals surface area contributed by atoms with Crippen LogP contribution in [0.3, 0.4) is 0 Å². The number of nitrogens with zero attached hydrogens (tertiary/aromatic N) is 2. The highest BCUT2D eigenvalue weighted by atomic mass is 16.5. The molecule has 2 aliphatic heterocycles. The number of hydrogen-bond acceptors (Lipinski definition) is 6. The highest BCUT2D eigenvalue weighted by Gasteiger charge is 2.46. The smallest absolute Gasteiger partial charge is 0.248 e. The lowest BCUT2D eigenvalue weighted by atomic mass is 9.71. The quantitative estimate of drug-likeness (QED) is 0.651. The van der Waals surface area contributed by atoms with Crippen molar-refractivity contribution in [3.8, 4) is 11.5 Å². The van der Waals surface area contributed by atoms with E-state index in [9.17, 15) is 9.90 Å². The number of benzene rings is 1. The van der Waals surface area contributed by atoms with E-state index in [2.05, 4.69) is 4.90 Å². The fraction of sp³-hybridized carbons (Fsp3) is 0.696. The molecule has 30 heavy (non-hydrogen) atoms. The van der Waals surface area contributed by atoms with Gasteiger partial charge >= 0.3 is 0 Å². The van der Waals surface area contributed by atoms with Crippen molar-refractivity contribution in [1.29, 1.82) is 0 Å². The van der Waals surface area contributed by atoms with Crippen LogP contribution in [0, 0.1) is 5.41 Å². The second-order valence-electron chi connectivity index (χ2n) is 8.49. The van der Waals surface area contributed by atoms with Crippen LogP contribution < -0.4 is 9.47 Å². The van der Waals surface area contributed by atoms with Crippen LogP contribution in [-0.4, -0.2) is 80.5 Å². The largest absolute Gasteiger partial charge is 0.496 e. The Bertz CT molecular complexity index is 691. The zero-order valence-corrected chi connectivity index (χ0v) is 18.6. The molecule has 2 saturated heterocycles. The normalized spacial score (nSPS) is 24.8. The van der Waals surface area contributed by atoms with Crippen molar-refractivity contribution < 1.29 is 24.1 Å². The van der Waals surface area contributed by atoms with Gasteiger partial charge in [0.25, 0.3) is 0 Å². The number of aliphatic hydroxyl groups excluding tert-OH is 1. The Morgan fingerprint density at radius 1 is 1.20 bits per heavy atom. The van der Waals surface area contributed by atoms with Crippen LogP contribution in [0.5, 0.6) is 11.5 Å². The van der Waals surface area contributed by atoms with E-state index in [4.69, 9.17) is 14.2 Å². The fourth-order valence-electron chi connectivity index (χ4n) is 4.85. The number of carbonyl (C=O) groups is 1. The maximum absolute atomic E-state index is 12.6. The number of rotatable bonds is 8. The van der Waals surface area contributed by atoms with Crippen LogP contribution in [0.15, 0.2) is 18.2 Å². The van der Waals surface area contributed by atoms with Gasteiger partial charge in [-0.15, -0.1) is 0 Å². The van der Waals surface area contributed by atoms with Gasteiger partial charge in [-0.2, -0.15) is 0 Å². The van der Waals surface area contributed by atoms with E-state index >= 15 is 0 Å². The third-order valence-electron chi connectivity index (χ3n) is 6.41. The minimum Gasteiger partial charge on any atom is -0.496 e. The number of amides is 1. The molecule has 0 unspecified atom stereocenters. The van der Waals surface area contributed by atoms with Crippen LogP contribution in [0.1, 0.15) is 38.2 Å². The summed E-state index contributed by atoms with van der Waals surface area (Å²) in [7, 11) is 3.34. The maximum atomic E-state index is 12.6. The molecule has 2 heterocycles. The van der Waals surface area contributed by atoms with E-state index in [-0.39, 0.29) is 17.9 Å². The lowest BCUT2D eigenvalue weighted by Gasteiger charge is -2.51. The molecule has 3 rings (SSSR count). The summed E-state index contributed by atoms with van der Waals surface area (Å²) in [5.74, 6) is 1.64. The molecule has 0 bridgehead atoms. The van der Waals surface area contributed by atoms with Crippen molar-refractivity contribution in [2.24, 2.45) is 5.41 Å². The Morgan fingerprint density at radius 3 is 2.60 bits per heavy atom. The lowest BCUT2D eigenvalue weighted by molar-refractivity contribution is -0.146. The average Bonchev–Trinajstić information content (AvgIpc) is 2.76. The molecular weight excluding hydrogens is 384 g/mol. The van der Waals surface area contributed by atoms with Gasteiger partial charge in [0.1, 0.15) is 18.1 Å². The van der Waals surface area contributed by atoms with Crippen molar-refractivity contribution in [2.45, 2.75) is 45.3 Å². The molecule has 0 aromatic heterocycles. The fourth-order valence-corrected chi connectivity index (χ4v) is 4.85. The van der Waals surface area contributed by atoms with Gasteiger partial charge in [0.05, 0.1) is 25.9 Å². The highest BCUT2D eigenvalue weighted by molar-refractivity contribution is 5.77. The van der Waals surface area contributed by atoms with Gasteiger partial charge in [-0.1, -0.05) is 13.0 Å². The standard InChI is InChI=1S/C23H36N2O5/c1-4-13-30-15-22(27)25-11-6-10-23(17-25)16-24(12-9-21(23)26)14-18-19(28-2)7-5-8-20(18)29-3/h5,7-8,21,26H,4,6,9-17H2,1-3H3/t21-,23-/m1/s1. The summed E-state index contributed by atoms with van der Waals surface area (Å²) in [5, 5.41) is 10.9. The molecule has 2 aliphatic rings. The van der Waals surface area contributed by atoms with Crippen molar-refractivity contribution in [2.75, 3.05) is 53.6 Å². The van der Waals surface area contributed by atoms with Gasteiger partial charge in [-0.3, -0.25) is 9.69 Å². The van der Waals surface area contributed by atoms with E-state index in [1.165, 1.54) is 0 Å². The first-order valence-electron chi connectivity index (χ1n) is 11.0. The summed E-state index contributed by atoms with van der Waals surface area (Å²) < 4.78 is 16.6. The molecule has 1 N–H and O–H groups in total. The second kappa shape index (κ2) is 10.5. The highest BCUT2D eigenvalue weighted by Crippen LogP contribution is 2.40. The molecule has 0 radical (unpaired) electrons. The SMILES string of the molecule is CCCOCC(=O)N1CCC[C@@]2(CN(Cc3c(OC)cccc3OC)CC[C@H]2O)C1. The Balaban J connectivity index is 1.71. The Labute approximate surface area is 179 Å². The first kappa shape index (κ1) is 22.8. The van der Waals surface area contributed by atoms with E-state index in [1.807, 2.05) is 30.0 Å². The molecule has 2 fully saturated rings. The number of ether oxygens (including phenoxy) is 3. The molecule has 2 atom stereocenters. The summed E-state index contributed by atoms with van der Waals surface area (Å²) >= 11 is 0. The molecule has 0 saturated carbocycles. The Kier molecular flexibility index (Phi) is 7.97. The summed E-state index contributed by atoms with van der Waals surface area (Å²) in [6.45, 7) is 6.32. The van der Waals surface area contributed by atoms with Crippen LogP contribution in [0.2, 0.25) is 0 Å². The first-order valence-corrected chi connectivity index (χ1v) is 11.0. The summed E-state index contributed by atoms with van der Waals surface area (Å²) in [6.07, 6.45) is 3.03. The molecule has 1 amide bonds. The number of likely N-dealkylation sites (tertiary alicyclic amines) is 2. The van der Waals surface area contributed by atoms with Gasteiger partial charge in [0.15, 0.2) is 0 Å². The van der Waals surface area contributed by atoms with E-state index < -0.39 is 6.10 Å². The maximum Gasteiger partial charge on any atom is 0.248 e. The molecule has 1 spiro atoms. The molecule has 1 aromatic carbocycles. The monoisotopic (exact) mass is 420 g/mol. The van der Waals surface area contributed by atoms with Crippen molar-refractivity contribution >= 4 is 5.91 Å². The van der Waals surface area contributed by atoms with Gasteiger partial charge < -0.3 is 24.2 Å². The van der Waals surface area contributed by atoms with Gasteiger partial charge in [0.2, 0.25) is 5.91 Å². The van der Waals surface area contributed by atoms with E-state index in [0.717, 1.165) is 56.0 Å². The first-order chi connectivity index (χ1) is 14.5. The number of methoxy groups -OCH3 is 2. The van der Waals surface area contributed by atoms with E-state index in [1.54, 1.807) is 14.2 Å². The topological polar surface area (TPSA) is 71.5 Å². The van der Waals surface area contributed by atoms with Gasteiger partial charge in [-0.05, 0) is 37.8 Å². The van der Waals surface area contributed by atoms with Crippen LogP contribution in [0.25, 0.3) is 0 Å². The predicted octanol–water partition coefficient (Wildman–Crippen LogP) is 2.31. The minimum atomic E-state index is -0.402. The summed E-state index contributed by atoms with van der Waals surface area (Å²) in [6, 6.07) is 5.82. The van der Waals surface area contributed by atoms with Gasteiger partial charge in [-0.25, -0.2) is 0 Å². The van der Waals surface area contributed by atoms with Crippen LogP contribution in [0.4, 0.5) is 0 Å². The molecule has 1 aromatic rings. The van der Waals surface area contributed by atoms with Crippen molar-refractivity contribution in [1.82, 2.24) is 9.80 Å². The minimum absolute atomic E-state index is 0.0262. The summed E-state index contributed by atoms with van der Waals surface area (Å²) in [5.41, 5.74) is 0.720. The zero-order chi connectivity index (χ0) is 21.6. The molecule has 168 valence electrons. The number of carbonyl (C=O) groups excluding carboxylic acids is 1. The molecular formula is C23H36N2O5. The lowest BCUT2D eigenvalue weighted by Crippen LogP contribution is -2.59. The zero-order valence-electron chi connectivity index (χ0n) is 18.6. The van der Waals surface area contributed by atoms with Gasteiger partial charge in [0, 0.05) is 44.7 Å². The molecule has 0 aliphatic carbocycles. The second-order valence-corrected chi connectivity index (χ2v) is 8.49.